The van der Waals surface area contributed by atoms with Crippen molar-refractivity contribution in [1.29, 1.82) is 0 Å². The lowest BCUT2D eigenvalue weighted by atomic mass is 10.0. The maximum absolute atomic E-state index is 12.8. The average molecular weight is 631 g/mol. The van der Waals surface area contributed by atoms with Crippen LogP contribution in [0.3, 0.4) is 0 Å². The summed E-state index contributed by atoms with van der Waals surface area (Å²) in [7, 11) is 0. The number of hydrogen-bond acceptors (Lipinski definition) is 6. The first-order valence-corrected chi connectivity index (χ1v) is 13.1. The Labute approximate surface area is 231 Å². The molecule has 0 saturated carbocycles. The number of carbonyl (C=O) groups excluding carboxylic acids is 2. The minimum absolute atomic E-state index is 0.119. The lowest BCUT2D eigenvalue weighted by Crippen LogP contribution is -2.48. The summed E-state index contributed by atoms with van der Waals surface area (Å²) in [4.78, 5) is 25.5. The van der Waals surface area contributed by atoms with Crippen molar-refractivity contribution < 1.29 is 23.8 Å². The SMILES string of the molecule is CC(C)C(NC(=O)c1ccc2c(c1)OCO2)C(=O)NN=Cc1ccc(OCc2ccc(Br)cc2)c(Br)c1. The first-order valence-electron chi connectivity index (χ1n) is 11.5. The largest absolute Gasteiger partial charge is 0.488 e. The van der Waals surface area contributed by atoms with Gasteiger partial charge in [0.25, 0.3) is 11.8 Å². The van der Waals surface area contributed by atoms with Gasteiger partial charge in [0.15, 0.2) is 11.5 Å². The van der Waals surface area contributed by atoms with E-state index in [0.29, 0.717) is 29.4 Å². The van der Waals surface area contributed by atoms with Gasteiger partial charge in [0.2, 0.25) is 6.79 Å². The first kappa shape index (κ1) is 26.7. The second-order valence-electron chi connectivity index (χ2n) is 8.60. The maximum atomic E-state index is 12.8. The first-order chi connectivity index (χ1) is 17.8. The van der Waals surface area contributed by atoms with Crippen molar-refractivity contribution in [2.75, 3.05) is 6.79 Å². The van der Waals surface area contributed by atoms with Crippen LogP contribution in [-0.4, -0.2) is 30.9 Å². The van der Waals surface area contributed by atoms with E-state index in [1.54, 1.807) is 18.2 Å². The fourth-order valence-corrected chi connectivity index (χ4v) is 4.27. The third kappa shape index (κ3) is 7.11. The second-order valence-corrected chi connectivity index (χ2v) is 10.4. The lowest BCUT2D eigenvalue weighted by molar-refractivity contribution is -0.123. The van der Waals surface area contributed by atoms with Gasteiger partial charge >= 0.3 is 0 Å². The number of carbonyl (C=O) groups is 2. The molecule has 8 nitrogen and oxygen atoms in total. The molecule has 1 heterocycles. The van der Waals surface area contributed by atoms with Gasteiger partial charge in [0, 0.05) is 10.0 Å². The summed E-state index contributed by atoms with van der Waals surface area (Å²) in [5.74, 6) is 0.797. The molecular formula is C27H25Br2N3O5. The van der Waals surface area contributed by atoms with E-state index in [1.807, 2.05) is 56.3 Å². The van der Waals surface area contributed by atoms with Gasteiger partial charge in [-0.05, 0) is 81.5 Å². The second kappa shape index (κ2) is 12.2. The predicted molar refractivity (Wildman–Crippen MR) is 147 cm³/mol. The molecule has 192 valence electrons. The molecule has 0 aromatic heterocycles. The van der Waals surface area contributed by atoms with Crippen molar-refractivity contribution in [3.8, 4) is 17.2 Å². The van der Waals surface area contributed by atoms with E-state index < -0.39 is 17.9 Å². The summed E-state index contributed by atoms with van der Waals surface area (Å²) in [6.45, 7) is 4.24. The van der Waals surface area contributed by atoms with E-state index in [9.17, 15) is 9.59 Å². The zero-order valence-corrected chi connectivity index (χ0v) is 23.3. The van der Waals surface area contributed by atoms with Crippen LogP contribution in [0.4, 0.5) is 0 Å². The van der Waals surface area contributed by atoms with Crippen LogP contribution < -0.4 is 25.0 Å². The molecule has 4 rings (SSSR count). The van der Waals surface area contributed by atoms with Crippen LogP contribution in [0.25, 0.3) is 0 Å². The third-order valence-corrected chi connectivity index (χ3v) is 6.67. The summed E-state index contributed by atoms with van der Waals surface area (Å²) >= 11 is 6.94. The molecule has 1 aliphatic rings. The maximum Gasteiger partial charge on any atom is 0.262 e. The monoisotopic (exact) mass is 629 g/mol. The van der Waals surface area contributed by atoms with Gasteiger partial charge in [-0.25, -0.2) is 5.43 Å². The minimum atomic E-state index is -0.781. The zero-order chi connectivity index (χ0) is 26.4. The smallest absolute Gasteiger partial charge is 0.262 e. The Kier molecular flexibility index (Phi) is 8.83. The van der Waals surface area contributed by atoms with Gasteiger partial charge in [-0.2, -0.15) is 5.10 Å². The summed E-state index contributed by atoms with van der Waals surface area (Å²) < 4.78 is 18.3. The number of hydrogen-bond donors (Lipinski definition) is 2. The van der Waals surface area contributed by atoms with E-state index in [2.05, 4.69) is 47.7 Å². The van der Waals surface area contributed by atoms with Gasteiger partial charge in [-0.1, -0.05) is 41.9 Å². The normalized spacial score (nSPS) is 13.0. The number of ether oxygens (including phenoxy) is 3. The number of fused-ring (bicyclic) bond motifs is 1. The van der Waals surface area contributed by atoms with Crippen molar-refractivity contribution in [2.45, 2.75) is 26.5 Å². The summed E-state index contributed by atoms with van der Waals surface area (Å²) in [6, 6.07) is 17.5. The molecule has 3 aromatic carbocycles. The van der Waals surface area contributed by atoms with Crippen molar-refractivity contribution in [3.05, 3.63) is 86.3 Å². The van der Waals surface area contributed by atoms with E-state index in [4.69, 9.17) is 14.2 Å². The topological polar surface area (TPSA) is 98.2 Å². The Morgan fingerprint density at radius 2 is 1.78 bits per heavy atom. The molecule has 1 atom stereocenters. The van der Waals surface area contributed by atoms with Crippen LogP contribution in [-0.2, 0) is 11.4 Å². The molecular weight excluding hydrogens is 606 g/mol. The number of nitrogens with one attached hydrogen (secondary N) is 2. The van der Waals surface area contributed by atoms with Crippen molar-refractivity contribution >= 4 is 49.9 Å². The quantitative estimate of drug-likeness (QED) is 0.243. The number of hydrazone groups is 1. The molecule has 0 saturated heterocycles. The van der Waals surface area contributed by atoms with Gasteiger partial charge in [-0.3, -0.25) is 9.59 Å². The highest BCUT2D eigenvalue weighted by Gasteiger charge is 2.25. The van der Waals surface area contributed by atoms with Crippen LogP contribution in [0.1, 0.15) is 35.3 Å². The van der Waals surface area contributed by atoms with E-state index in [1.165, 1.54) is 6.21 Å². The summed E-state index contributed by atoms with van der Waals surface area (Å²) in [6.07, 6.45) is 1.53. The zero-order valence-electron chi connectivity index (χ0n) is 20.2. The third-order valence-electron chi connectivity index (χ3n) is 5.52. The summed E-state index contributed by atoms with van der Waals surface area (Å²) in [5, 5.41) is 6.84. The van der Waals surface area contributed by atoms with Crippen LogP contribution in [0.5, 0.6) is 17.2 Å². The molecule has 0 fully saturated rings. The highest BCUT2D eigenvalue weighted by molar-refractivity contribution is 9.10. The highest BCUT2D eigenvalue weighted by Crippen LogP contribution is 2.32. The van der Waals surface area contributed by atoms with Crippen LogP contribution >= 0.6 is 31.9 Å². The molecule has 1 unspecified atom stereocenters. The van der Waals surface area contributed by atoms with Gasteiger partial charge in [0.05, 0.1) is 10.7 Å². The Balaban J connectivity index is 1.32. The highest BCUT2D eigenvalue weighted by atomic mass is 79.9. The standard InChI is InChI=1S/C27H25Br2N3O5/c1-16(2)25(31-26(33)19-6-10-23-24(12-19)37-15-36-23)27(34)32-30-13-18-5-9-22(21(29)11-18)35-14-17-3-7-20(28)8-4-17/h3-13,16,25H,14-15H2,1-2H3,(H,31,33)(H,32,34). The van der Waals surface area contributed by atoms with E-state index >= 15 is 0 Å². The van der Waals surface area contributed by atoms with Gasteiger partial charge in [0.1, 0.15) is 18.4 Å². The number of benzene rings is 3. The van der Waals surface area contributed by atoms with Crippen molar-refractivity contribution in [2.24, 2.45) is 11.0 Å². The molecule has 2 amide bonds. The predicted octanol–water partition coefficient (Wildman–Crippen LogP) is 5.42. The molecule has 0 aliphatic carbocycles. The van der Waals surface area contributed by atoms with E-state index in [0.717, 1.165) is 20.1 Å². The molecule has 0 radical (unpaired) electrons. The average Bonchev–Trinajstić information content (AvgIpc) is 3.35. The van der Waals surface area contributed by atoms with Gasteiger partial charge in [-0.15, -0.1) is 0 Å². The minimum Gasteiger partial charge on any atom is -0.488 e. The Hall–Kier alpha value is -3.37. The molecule has 3 aromatic rings. The van der Waals surface area contributed by atoms with Crippen molar-refractivity contribution in [3.63, 3.8) is 0 Å². The van der Waals surface area contributed by atoms with Gasteiger partial charge < -0.3 is 19.5 Å². The molecule has 0 bridgehead atoms. The Morgan fingerprint density at radius 3 is 2.51 bits per heavy atom. The van der Waals surface area contributed by atoms with Crippen LogP contribution in [0.2, 0.25) is 0 Å². The number of rotatable bonds is 9. The Bertz CT molecular complexity index is 1310. The van der Waals surface area contributed by atoms with Crippen LogP contribution in [0, 0.1) is 5.92 Å². The molecule has 10 heteroatoms. The lowest BCUT2D eigenvalue weighted by Gasteiger charge is -2.20. The van der Waals surface area contributed by atoms with E-state index in [-0.39, 0.29) is 12.7 Å². The fourth-order valence-electron chi connectivity index (χ4n) is 3.49. The molecule has 0 spiro atoms. The number of nitrogens with zero attached hydrogens (tertiary/aromatic N) is 1. The Morgan fingerprint density at radius 1 is 1.03 bits per heavy atom. The van der Waals surface area contributed by atoms with Crippen LogP contribution in [0.15, 0.2) is 74.7 Å². The van der Waals surface area contributed by atoms with Crippen molar-refractivity contribution in [1.82, 2.24) is 10.7 Å². The fraction of sp³-hybridized carbons (Fsp3) is 0.222. The molecule has 1 aliphatic heterocycles. The molecule has 2 N–H and O–H groups in total. The molecule has 37 heavy (non-hydrogen) atoms. The summed E-state index contributed by atoms with van der Waals surface area (Å²) in [5.41, 5.74) is 4.70. The number of amides is 2. The number of halogens is 2.